The Morgan fingerprint density at radius 1 is 1.00 bits per heavy atom. The summed E-state index contributed by atoms with van der Waals surface area (Å²) in [7, 11) is 0. The van der Waals surface area contributed by atoms with Crippen molar-refractivity contribution in [2.24, 2.45) is 0 Å². The molecule has 1 saturated heterocycles. The molecule has 0 bridgehead atoms. The molecule has 1 unspecified atom stereocenters. The van der Waals surface area contributed by atoms with Gasteiger partial charge in [0.05, 0.1) is 6.04 Å². The molecule has 3 heteroatoms. The predicted molar refractivity (Wildman–Crippen MR) is 97.9 cm³/mol. The van der Waals surface area contributed by atoms with E-state index in [9.17, 15) is 4.79 Å². The topological polar surface area (TPSA) is 32.3 Å². The van der Waals surface area contributed by atoms with Crippen LogP contribution in [-0.4, -0.2) is 23.9 Å². The molecule has 0 aliphatic carbocycles. The molecule has 2 aromatic rings. The highest BCUT2D eigenvalue weighted by atomic mass is 16.1. The lowest BCUT2D eigenvalue weighted by Crippen LogP contribution is -2.29. The molecule has 2 aromatic carbocycles. The molecule has 1 heterocycles. The van der Waals surface area contributed by atoms with Crippen LogP contribution >= 0.6 is 0 Å². The van der Waals surface area contributed by atoms with Crippen molar-refractivity contribution in [2.45, 2.75) is 38.8 Å². The number of amides is 1. The summed E-state index contributed by atoms with van der Waals surface area (Å²) in [4.78, 5) is 14.9. The van der Waals surface area contributed by atoms with Crippen molar-refractivity contribution in [3.63, 3.8) is 0 Å². The van der Waals surface area contributed by atoms with E-state index in [1.807, 2.05) is 49.4 Å². The van der Waals surface area contributed by atoms with Crippen LogP contribution in [0.4, 0.5) is 0 Å². The van der Waals surface area contributed by atoms with Crippen molar-refractivity contribution in [1.29, 1.82) is 0 Å². The van der Waals surface area contributed by atoms with Crippen LogP contribution in [0.3, 0.4) is 0 Å². The van der Waals surface area contributed by atoms with E-state index in [2.05, 4.69) is 22.3 Å². The third-order valence-electron chi connectivity index (χ3n) is 4.72. The maximum Gasteiger partial charge on any atom is 0.251 e. The smallest absolute Gasteiger partial charge is 0.251 e. The number of hydrogen-bond acceptors (Lipinski definition) is 2. The highest BCUT2D eigenvalue weighted by molar-refractivity contribution is 5.94. The summed E-state index contributed by atoms with van der Waals surface area (Å²) in [5.41, 5.74) is 3.12. The van der Waals surface area contributed by atoms with Gasteiger partial charge in [-0.05, 0) is 56.1 Å². The highest BCUT2D eigenvalue weighted by Gasteiger charge is 2.13. The normalized spacial score (nSPS) is 16.5. The van der Waals surface area contributed by atoms with E-state index in [1.54, 1.807) is 0 Å². The number of nitrogens with zero attached hydrogens (tertiary/aromatic N) is 1. The van der Waals surface area contributed by atoms with Crippen molar-refractivity contribution in [1.82, 2.24) is 10.2 Å². The summed E-state index contributed by atoms with van der Waals surface area (Å²) >= 11 is 0. The first-order valence-electron chi connectivity index (χ1n) is 8.89. The number of nitrogens with one attached hydrogen (secondary N) is 1. The monoisotopic (exact) mass is 322 g/mol. The fourth-order valence-corrected chi connectivity index (χ4v) is 3.24. The van der Waals surface area contributed by atoms with Crippen LogP contribution in [-0.2, 0) is 6.54 Å². The van der Waals surface area contributed by atoms with Gasteiger partial charge < -0.3 is 5.32 Å². The minimum atomic E-state index is -0.0177. The lowest BCUT2D eigenvalue weighted by atomic mass is 10.1. The maximum absolute atomic E-state index is 12.4. The van der Waals surface area contributed by atoms with Gasteiger partial charge in [-0.1, -0.05) is 48.9 Å². The molecule has 0 saturated carbocycles. The van der Waals surface area contributed by atoms with Gasteiger partial charge in [-0.15, -0.1) is 0 Å². The van der Waals surface area contributed by atoms with E-state index in [0.29, 0.717) is 0 Å². The van der Waals surface area contributed by atoms with Crippen molar-refractivity contribution in [3.8, 4) is 0 Å². The van der Waals surface area contributed by atoms with Crippen LogP contribution in [0.15, 0.2) is 54.6 Å². The molecule has 3 nitrogen and oxygen atoms in total. The summed E-state index contributed by atoms with van der Waals surface area (Å²) in [5.74, 6) is -0.0177. The Morgan fingerprint density at radius 2 is 1.67 bits per heavy atom. The molecule has 1 amide bonds. The minimum absolute atomic E-state index is 0.00623. The lowest BCUT2D eigenvalue weighted by Gasteiger charge is -2.26. The van der Waals surface area contributed by atoms with Gasteiger partial charge >= 0.3 is 0 Å². The van der Waals surface area contributed by atoms with Gasteiger partial charge in [-0.25, -0.2) is 0 Å². The lowest BCUT2D eigenvalue weighted by molar-refractivity contribution is 0.0940. The number of piperidine rings is 1. The molecule has 1 aliphatic heterocycles. The Kier molecular flexibility index (Phi) is 5.65. The van der Waals surface area contributed by atoms with E-state index in [1.165, 1.54) is 37.9 Å². The van der Waals surface area contributed by atoms with E-state index >= 15 is 0 Å². The molecular weight excluding hydrogens is 296 g/mol. The first-order valence-corrected chi connectivity index (χ1v) is 8.89. The Labute approximate surface area is 144 Å². The zero-order valence-corrected chi connectivity index (χ0v) is 14.4. The second-order valence-corrected chi connectivity index (χ2v) is 6.64. The Bertz CT molecular complexity index is 645. The second kappa shape index (κ2) is 8.11. The quantitative estimate of drug-likeness (QED) is 0.896. The van der Waals surface area contributed by atoms with Crippen LogP contribution in [0.5, 0.6) is 0 Å². The Hall–Kier alpha value is -2.13. The van der Waals surface area contributed by atoms with E-state index in [4.69, 9.17) is 0 Å². The number of benzene rings is 2. The van der Waals surface area contributed by atoms with Crippen LogP contribution in [0, 0.1) is 0 Å². The van der Waals surface area contributed by atoms with Gasteiger partial charge in [0.1, 0.15) is 0 Å². The fourth-order valence-electron chi connectivity index (χ4n) is 3.24. The molecule has 24 heavy (non-hydrogen) atoms. The zero-order chi connectivity index (χ0) is 16.8. The number of carbonyl (C=O) groups is 1. The molecule has 0 aromatic heterocycles. The van der Waals surface area contributed by atoms with Gasteiger partial charge in [0, 0.05) is 12.1 Å². The van der Waals surface area contributed by atoms with Crippen LogP contribution < -0.4 is 5.32 Å². The van der Waals surface area contributed by atoms with Crippen LogP contribution in [0.25, 0.3) is 0 Å². The Morgan fingerprint density at radius 3 is 2.33 bits per heavy atom. The highest BCUT2D eigenvalue weighted by Crippen LogP contribution is 2.15. The van der Waals surface area contributed by atoms with Crippen molar-refractivity contribution in [3.05, 3.63) is 71.3 Å². The fraction of sp³-hybridized carbons (Fsp3) is 0.381. The molecule has 1 N–H and O–H groups in total. The molecule has 0 spiro atoms. The van der Waals surface area contributed by atoms with E-state index in [-0.39, 0.29) is 11.9 Å². The molecule has 1 atom stereocenters. The maximum atomic E-state index is 12.4. The largest absolute Gasteiger partial charge is 0.346 e. The van der Waals surface area contributed by atoms with Gasteiger partial charge in [0.15, 0.2) is 0 Å². The summed E-state index contributed by atoms with van der Waals surface area (Å²) in [5, 5.41) is 3.06. The summed E-state index contributed by atoms with van der Waals surface area (Å²) in [6, 6.07) is 18.1. The average Bonchev–Trinajstić information content (AvgIpc) is 2.64. The molecule has 1 aliphatic rings. The molecule has 1 fully saturated rings. The second-order valence-electron chi connectivity index (χ2n) is 6.64. The molecule has 0 radical (unpaired) electrons. The van der Waals surface area contributed by atoms with Gasteiger partial charge in [-0.2, -0.15) is 0 Å². The third-order valence-corrected chi connectivity index (χ3v) is 4.72. The first-order chi connectivity index (χ1) is 11.7. The Balaban J connectivity index is 1.57. The van der Waals surface area contributed by atoms with Crippen LogP contribution in [0.2, 0.25) is 0 Å². The summed E-state index contributed by atoms with van der Waals surface area (Å²) < 4.78 is 0. The first kappa shape index (κ1) is 16.7. The third kappa shape index (κ3) is 4.45. The van der Waals surface area contributed by atoms with Crippen LogP contribution in [0.1, 0.15) is 53.7 Å². The summed E-state index contributed by atoms with van der Waals surface area (Å²) in [6.45, 7) is 5.38. The number of carbonyl (C=O) groups excluding carboxylic acids is 1. The standard InChI is InChI=1S/C21H26N2O/c1-17(19-8-4-2-5-9-19)22-21(24)20-12-10-18(11-13-20)16-23-14-6-3-7-15-23/h2,4-5,8-13,17H,3,6-7,14-16H2,1H3,(H,22,24). The van der Waals surface area contributed by atoms with Gasteiger partial charge in [0.2, 0.25) is 0 Å². The molecule has 126 valence electrons. The zero-order valence-electron chi connectivity index (χ0n) is 14.4. The van der Waals surface area contributed by atoms with Crippen molar-refractivity contribution < 1.29 is 4.79 Å². The SMILES string of the molecule is CC(NC(=O)c1ccc(CN2CCCCC2)cc1)c1ccccc1. The number of likely N-dealkylation sites (tertiary alicyclic amines) is 1. The average molecular weight is 322 g/mol. The number of hydrogen-bond donors (Lipinski definition) is 1. The van der Waals surface area contributed by atoms with Gasteiger partial charge in [-0.3, -0.25) is 9.69 Å². The summed E-state index contributed by atoms with van der Waals surface area (Å²) in [6.07, 6.45) is 3.96. The molecule has 3 rings (SSSR count). The minimum Gasteiger partial charge on any atom is -0.346 e. The van der Waals surface area contributed by atoms with Crippen molar-refractivity contribution >= 4 is 5.91 Å². The van der Waals surface area contributed by atoms with Crippen molar-refractivity contribution in [2.75, 3.05) is 13.1 Å². The van der Waals surface area contributed by atoms with E-state index < -0.39 is 0 Å². The van der Waals surface area contributed by atoms with E-state index in [0.717, 1.165) is 17.7 Å². The predicted octanol–water partition coefficient (Wildman–Crippen LogP) is 4.16. The number of rotatable bonds is 5. The molecular formula is C21H26N2O. The van der Waals surface area contributed by atoms with Gasteiger partial charge in [0.25, 0.3) is 5.91 Å².